The zero-order chi connectivity index (χ0) is 17.8. The number of amides is 1. The van der Waals surface area contributed by atoms with Crippen LogP contribution < -0.4 is 10.7 Å². The van der Waals surface area contributed by atoms with Crippen LogP contribution in [0, 0.1) is 0 Å². The van der Waals surface area contributed by atoms with Gasteiger partial charge in [0.1, 0.15) is 0 Å². The molecule has 0 bridgehead atoms. The van der Waals surface area contributed by atoms with Crippen LogP contribution in [0.4, 0.5) is 5.82 Å². The Labute approximate surface area is 152 Å². The Hall–Kier alpha value is -2.86. The Kier molecular flexibility index (Phi) is 4.84. The SMILES string of the molecule is O=C(NN1CCCCC1)c1ccc(CNc2n[nH]c3ccccc23)cc1. The van der Waals surface area contributed by atoms with Crippen LogP contribution in [0.25, 0.3) is 10.9 Å². The summed E-state index contributed by atoms with van der Waals surface area (Å²) in [6.07, 6.45) is 3.54. The first kappa shape index (κ1) is 16.6. The van der Waals surface area contributed by atoms with Crippen molar-refractivity contribution in [3.05, 3.63) is 59.7 Å². The maximum atomic E-state index is 12.3. The van der Waals surface area contributed by atoms with E-state index in [2.05, 4.69) is 20.9 Å². The molecule has 1 amide bonds. The Balaban J connectivity index is 1.36. The molecule has 0 saturated carbocycles. The van der Waals surface area contributed by atoms with Crippen molar-refractivity contribution in [3.63, 3.8) is 0 Å². The van der Waals surface area contributed by atoms with Crippen LogP contribution >= 0.6 is 0 Å². The number of aromatic amines is 1. The van der Waals surface area contributed by atoms with Gasteiger partial charge in [0.2, 0.25) is 0 Å². The van der Waals surface area contributed by atoms with Gasteiger partial charge in [-0.25, -0.2) is 5.01 Å². The monoisotopic (exact) mass is 349 g/mol. The third-order valence-corrected chi connectivity index (χ3v) is 4.76. The van der Waals surface area contributed by atoms with Crippen LogP contribution in [0.5, 0.6) is 0 Å². The third-order valence-electron chi connectivity index (χ3n) is 4.76. The molecule has 1 aliphatic rings. The van der Waals surface area contributed by atoms with E-state index >= 15 is 0 Å². The first-order valence-corrected chi connectivity index (χ1v) is 9.11. The van der Waals surface area contributed by atoms with Crippen molar-refractivity contribution < 1.29 is 4.79 Å². The number of carbonyl (C=O) groups excluding carboxylic acids is 1. The van der Waals surface area contributed by atoms with Crippen molar-refractivity contribution in [1.82, 2.24) is 20.6 Å². The standard InChI is InChI=1S/C20H23N5O/c26-20(24-25-12-4-1-5-13-25)16-10-8-15(9-11-16)14-21-19-17-6-2-3-7-18(17)22-23-19/h2-3,6-11H,1,4-5,12-14H2,(H,24,26)(H2,21,22,23). The van der Waals surface area contributed by atoms with Crippen LogP contribution in [-0.4, -0.2) is 34.2 Å². The van der Waals surface area contributed by atoms with E-state index in [0.29, 0.717) is 12.1 Å². The Morgan fingerprint density at radius 1 is 1.04 bits per heavy atom. The number of aromatic nitrogens is 2. The van der Waals surface area contributed by atoms with E-state index in [1.165, 1.54) is 6.42 Å². The molecule has 3 aromatic rings. The fourth-order valence-corrected chi connectivity index (χ4v) is 3.27. The number of hydrazine groups is 1. The van der Waals surface area contributed by atoms with Gasteiger partial charge in [0.15, 0.2) is 5.82 Å². The van der Waals surface area contributed by atoms with Crippen LogP contribution in [0.15, 0.2) is 48.5 Å². The average molecular weight is 349 g/mol. The van der Waals surface area contributed by atoms with Gasteiger partial charge in [-0.15, -0.1) is 0 Å². The fourth-order valence-electron chi connectivity index (χ4n) is 3.27. The molecule has 0 unspecified atom stereocenters. The van der Waals surface area contributed by atoms with Gasteiger partial charge < -0.3 is 5.32 Å². The van der Waals surface area contributed by atoms with Crippen molar-refractivity contribution in [2.45, 2.75) is 25.8 Å². The summed E-state index contributed by atoms with van der Waals surface area (Å²) in [5.41, 5.74) is 5.80. The van der Waals surface area contributed by atoms with E-state index in [1.807, 2.05) is 53.5 Å². The van der Waals surface area contributed by atoms with Crippen molar-refractivity contribution in [2.24, 2.45) is 0 Å². The van der Waals surface area contributed by atoms with Gasteiger partial charge in [-0.2, -0.15) is 5.10 Å². The number of nitrogens with zero attached hydrogens (tertiary/aromatic N) is 2. The highest BCUT2D eigenvalue weighted by atomic mass is 16.2. The third kappa shape index (κ3) is 3.70. The fraction of sp³-hybridized carbons (Fsp3) is 0.300. The number of H-pyrrole nitrogens is 1. The number of benzene rings is 2. The lowest BCUT2D eigenvalue weighted by Gasteiger charge is -2.26. The Morgan fingerprint density at radius 3 is 2.62 bits per heavy atom. The van der Waals surface area contributed by atoms with Crippen LogP contribution in [0.1, 0.15) is 35.2 Å². The molecule has 6 nitrogen and oxygen atoms in total. The predicted octanol–water partition coefficient (Wildman–Crippen LogP) is 3.31. The van der Waals surface area contributed by atoms with Gasteiger partial charge in [-0.05, 0) is 42.7 Å². The number of rotatable bonds is 5. The van der Waals surface area contributed by atoms with E-state index in [-0.39, 0.29) is 5.91 Å². The van der Waals surface area contributed by atoms with Crippen LogP contribution in [0.3, 0.4) is 0 Å². The van der Waals surface area contributed by atoms with Crippen molar-refractivity contribution in [3.8, 4) is 0 Å². The number of piperidine rings is 1. The van der Waals surface area contributed by atoms with Gasteiger partial charge in [0.25, 0.3) is 5.91 Å². The first-order valence-electron chi connectivity index (χ1n) is 9.11. The number of hydrogen-bond donors (Lipinski definition) is 3. The minimum atomic E-state index is -0.0373. The van der Waals surface area contributed by atoms with Crippen molar-refractivity contribution >= 4 is 22.6 Å². The summed E-state index contributed by atoms with van der Waals surface area (Å²) in [5, 5.41) is 13.8. The molecule has 4 rings (SSSR count). The van der Waals surface area contributed by atoms with E-state index in [4.69, 9.17) is 0 Å². The lowest BCUT2D eigenvalue weighted by Crippen LogP contribution is -2.45. The number of nitrogens with one attached hydrogen (secondary N) is 3. The summed E-state index contributed by atoms with van der Waals surface area (Å²) in [6, 6.07) is 15.7. The predicted molar refractivity (Wildman–Crippen MR) is 103 cm³/mol. The highest BCUT2D eigenvalue weighted by molar-refractivity contribution is 5.94. The second-order valence-corrected chi connectivity index (χ2v) is 6.66. The zero-order valence-electron chi connectivity index (χ0n) is 14.7. The number of hydrogen-bond acceptors (Lipinski definition) is 4. The first-order chi connectivity index (χ1) is 12.8. The van der Waals surface area contributed by atoms with Crippen LogP contribution in [0.2, 0.25) is 0 Å². The molecule has 1 aromatic heterocycles. The van der Waals surface area contributed by atoms with Gasteiger partial charge in [0.05, 0.1) is 5.52 Å². The minimum absolute atomic E-state index is 0.0373. The summed E-state index contributed by atoms with van der Waals surface area (Å²) < 4.78 is 0. The molecule has 1 fully saturated rings. The molecular weight excluding hydrogens is 326 g/mol. The molecule has 6 heteroatoms. The minimum Gasteiger partial charge on any atom is -0.364 e. The summed E-state index contributed by atoms with van der Waals surface area (Å²) in [6.45, 7) is 2.53. The molecule has 134 valence electrons. The smallest absolute Gasteiger partial charge is 0.265 e. The van der Waals surface area contributed by atoms with E-state index in [9.17, 15) is 4.79 Å². The topological polar surface area (TPSA) is 73.1 Å². The van der Waals surface area contributed by atoms with Gasteiger partial charge >= 0.3 is 0 Å². The highest BCUT2D eigenvalue weighted by Gasteiger charge is 2.14. The summed E-state index contributed by atoms with van der Waals surface area (Å²) in [4.78, 5) is 12.3. The van der Waals surface area contributed by atoms with Crippen molar-refractivity contribution in [1.29, 1.82) is 0 Å². The summed E-state index contributed by atoms with van der Waals surface area (Å²) >= 11 is 0. The van der Waals surface area contributed by atoms with E-state index in [0.717, 1.165) is 48.2 Å². The Bertz CT molecular complexity index is 881. The van der Waals surface area contributed by atoms with Crippen LogP contribution in [-0.2, 0) is 6.54 Å². The summed E-state index contributed by atoms with van der Waals surface area (Å²) in [5.74, 6) is 0.803. The number of carbonyl (C=O) groups is 1. The van der Waals surface area contributed by atoms with E-state index < -0.39 is 0 Å². The van der Waals surface area contributed by atoms with Crippen molar-refractivity contribution in [2.75, 3.05) is 18.4 Å². The second-order valence-electron chi connectivity index (χ2n) is 6.66. The maximum absolute atomic E-state index is 12.3. The molecule has 1 aliphatic heterocycles. The maximum Gasteiger partial charge on any atom is 0.265 e. The molecular formula is C20H23N5O. The Morgan fingerprint density at radius 2 is 1.81 bits per heavy atom. The second kappa shape index (κ2) is 7.58. The molecule has 2 aromatic carbocycles. The molecule has 0 spiro atoms. The normalized spacial score (nSPS) is 15.1. The van der Waals surface area contributed by atoms with Gasteiger partial charge in [-0.3, -0.25) is 15.3 Å². The summed E-state index contributed by atoms with van der Waals surface area (Å²) in [7, 11) is 0. The molecule has 0 radical (unpaired) electrons. The molecule has 2 heterocycles. The van der Waals surface area contributed by atoms with E-state index in [1.54, 1.807) is 0 Å². The number of anilines is 1. The molecule has 3 N–H and O–H groups in total. The molecule has 0 aliphatic carbocycles. The molecule has 1 saturated heterocycles. The average Bonchev–Trinajstić information content (AvgIpc) is 3.11. The highest BCUT2D eigenvalue weighted by Crippen LogP contribution is 2.20. The lowest BCUT2D eigenvalue weighted by molar-refractivity contribution is 0.0750. The quantitative estimate of drug-likeness (QED) is 0.661. The van der Waals surface area contributed by atoms with Gasteiger partial charge in [0, 0.05) is 30.6 Å². The molecule has 26 heavy (non-hydrogen) atoms. The largest absolute Gasteiger partial charge is 0.364 e. The lowest BCUT2D eigenvalue weighted by atomic mass is 10.1. The number of para-hydroxylation sites is 1. The van der Waals surface area contributed by atoms with Gasteiger partial charge in [-0.1, -0.05) is 30.7 Å². The zero-order valence-corrected chi connectivity index (χ0v) is 14.7. The molecule has 0 atom stereocenters. The number of fused-ring (bicyclic) bond motifs is 1.